The lowest BCUT2D eigenvalue weighted by atomic mass is 10.1. The van der Waals surface area contributed by atoms with Crippen LogP contribution in [-0.4, -0.2) is 46.3 Å². The lowest BCUT2D eigenvalue weighted by Gasteiger charge is -2.34. The van der Waals surface area contributed by atoms with E-state index in [0.717, 1.165) is 43.9 Å². The molecule has 6 nitrogen and oxygen atoms in total. The van der Waals surface area contributed by atoms with Crippen LogP contribution in [0.3, 0.4) is 0 Å². The number of amides is 1. The topological polar surface area (TPSA) is 70.1 Å². The maximum absolute atomic E-state index is 12.6. The molecule has 0 unspecified atom stereocenters. The minimum atomic E-state index is -0.0757. The number of rotatable bonds is 4. The van der Waals surface area contributed by atoms with E-state index in [9.17, 15) is 9.59 Å². The number of aromatic amines is 1. The van der Waals surface area contributed by atoms with Crippen molar-refractivity contribution in [1.82, 2.24) is 20.0 Å². The summed E-state index contributed by atoms with van der Waals surface area (Å²) >= 11 is 0. The summed E-state index contributed by atoms with van der Waals surface area (Å²) in [6.07, 6.45) is 1.83. The van der Waals surface area contributed by atoms with Crippen molar-refractivity contribution in [3.8, 4) is 5.69 Å². The molecule has 128 valence electrons. The number of piperazine rings is 1. The standard InChI is InChI=1S/C18H24N4O2/c1-3-4-15-11-17(23)22(20-15)16-7-5-14(6-8-16)18(24)21-10-9-19-12-13(21)2/h5-8,11,13,19-20H,3-4,9-10,12H2,1-2H3/t13-/m0/s1. The van der Waals surface area contributed by atoms with Crippen molar-refractivity contribution in [2.45, 2.75) is 32.7 Å². The van der Waals surface area contributed by atoms with Crippen LogP contribution in [0.25, 0.3) is 5.69 Å². The summed E-state index contributed by atoms with van der Waals surface area (Å²) < 4.78 is 1.52. The molecule has 1 aromatic carbocycles. The fraction of sp³-hybridized carbons (Fsp3) is 0.444. The molecule has 0 aliphatic carbocycles. The zero-order valence-electron chi connectivity index (χ0n) is 14.2. The van der Waals surface area contributed by atoms with Gasteiger partial charge in [0.1, 0.15) is 0 Å². The zero-order valence-corrected chi connectivity index (χ0v) is 14.2. The SMILES string of the molecule is CCCc1cc(=O)n(-c2ccc(C(=O)N3CCNC[C@@H]3C)cc2)[nH]1. The molecule has 1 aliphatic heterocycles. The highest BCUT2D eigenvalue weighted by atomic mass is 16.2. The first kappa shape index (κ1) is 16.5. The quantitative estimate of drug-likeness (QED) is 0.895. The second kappa shape index (κ2) is 7.05. The van der Waals surface area contributed by atoms with Crippen LogP contribution in [0, 0.1) is 0 Å². The fourth-order valence-electron chi connectivity index (χ4n) is 3.10. The Morgan fingerprint density at radius 1 is 1.29 bits per heavy atom. The minimum Gasteiger partial charge on any atom is -0.333 e. The van der Waals surface area contributed by atoms with Gasteiger partial charge in [-0.05, 0) is 37.6 Å². The summed E-state index contributed by atoms with van der Waals surface area (Å²) in [5.41, 5.74) is 2.25. The van der Waals surface area contributed by atoms with Crippen molar-refractivity contribution >= 4 is 5.91 Å². The van der Waals surface area contributed by atoms with Gasteiger partial charge in [-0.25, -0.2) is 4.68 Å². The second-order valence-electron chi connectivity index (χ2n) is 6.30. The van der Waals surface area contributed by atoms with Gasteiger partial charge in [0.25, 0.3) is 11.5 Å². The van der Waals surface area contributed by atoms with Crippen molar-refractivity contribution in [2.75, 3.05) is 19.6 Å². The number of aromatic nitrogens is 2. The van der Waals surface area contributed by atoms with Crippen molar-refractivity contribution in [3.63, 3.8) is 0 Å². The third-order valence-electron chi connectivity index (χ3n) is 4.43. The van der Waals surface area contributed by atoms with E-state index < -0.39 is 0 Å². The molecule has 24 heavy (non-hydrogen) atoms. The molecule has 0 bridgehead atoms. The van der Waals surface area contributed by atoms with Crippen LogP contribution in [0.15, 0.2) is 35.1 Å². The van der Waals surface area contributed by atoms with E-state index in [-0.39, 0.29) is 17.5 Å². The third-order valence-corrected chi connectivity index (χ3v) is 4.43. The predicted molar refractivity (Wildman–Crippen MR) is 93.8 cm³/mol. The lowest BCUT2D eigenvalue weighted by molar-refractivity contribution is 0.0656. The number of H-pyrrole nitrogens is 1. The Labute approximate surface area is 141 Å². The van der Waals surface area contributed by atoms with E-state index in [0.29, 0.717) is 5.56 Å². The van der Waals surface area contributed by atoms with Gasteiger partial charge in [0, 0.05) is 43.0 Å². The van der Waals surface area contributed by atoms with E-state index in [1.807, 2.05) is 24.0 Å². The Balaban J connectivity index is 1.80. The van der Waals surface area contributed by atoms with Gasteiger partial charge in [0.15, 0.2) is 0 Å². The third kappa shape index (κ3) is 3.28. The monoisotopic (exact) mass is 328 g/mol. The van der Waals surface area contributed by atoms with E-state index in [2.05, 4.69) is 17.3 Å². The van der Waals surface area contributed by atoms with Crippen LogP contribution >= 0.6 is 0 Å². The van der Waals surface area contributed by atoms with Gasteiger partial charge in [-0.2, -0.15) is 0 Å². The van der Waals surface area contributed by atoms with Gasteiger partial charge in [0.05, 0.1) is 5.69 Å². The van der Waals surface area contributed by atoms with Crippen molar-refractivity contribution in [3.05, 3.63) is 51.9 Å². The average Bonchev–Trinajstić information content (AvgIpc) is 2.96. The van der Waals surface area contributed by atoms with Crippen LogP contribution in [0.4, 0.5) is 0 Å². The highest BCUT2D eigenvalue weighted by Crippen LogP contribution is 2.13. The van der Waals surface area contributed by atoms with Gasteiger partial charge in [0.2, 0.25) is 0 Å². The number of nitrogens with one attached hydrogen (secondary N) is 2. The largest absolute Gasteiger partial charge is 0.333 e. The number of carbonyl (C=O) groups excluding carboxylic acids is 1. The molecule has 0 saturated carbocycles. The van der Waals surface area contributed by atoms with E-state index in [1.165, 1.54) is 4.68 Å². The molecule has 1 amide bonds. The minimum absolute atomic E-state index is 0.0426. The van der Waals surface area contributed by atoms with Crippen LogP contribution < -0.4 is 10.9 Å². The molecule has 1 aromatic heterocycles. The number of hydrogen-bond donors (Lipinski definition) is 2. The zero-order chi connectivity index (χ0) is 17.1. The normalized spacial score (nSPS) is 17.9. The first-order chi connectivity index (χ1) is 11.6. The van der Waals surface area contributed by atoms with Gasteiger partial charge < -0.3 is 10.2 Å². The average molecular weight is 328 g/mol. The molecule has 0 spiro atoms. The lowest BCUT2D eigenvalue weighted by Crippen LogP contribution is -2.52. The van der Waals surface area contributed by atoms with Crippen molar-refractivity contribution < 1.29 is 4.79 Å². The molecular weight excluding hydrogens is 304 g/mol. The number of aryl methyl sites for hydroxylation is 1. The van der Waals surface area contributed by atoms with E-state index in [1.54, 1.807) is 18.2 Å². The highest BCUT2D eigenvalue weighted by molar-refractivity contribution is 5.94. The highest BCUT2D eigenvalue weighted by Gasteiger charge is 2.23. The maximum atomic E-state index is 12.6. The van der Waals surface area contributed by atoms with Crippen LogP contribution in [0.1, 0.15) is 36.3 Å². The predicted octanol–water partition coefficient (Wildman–Crippen LogP) is 1.55. The van der Waals surface area contributed by atoms with Crippen molar-refractivity contribution in [2.24, 2.45) is 0 Å². The van der Waals surface area contributed by atoms with Gasteiger partial charge in [-0.1, -0.05) is 13.3 Å². The molecule has 2 N–H and O–H groups in total. The van der Waals surface area contributed by atoms with E-state index in [4.69, 9.17) is 0 Å². The van der Waals surface area contributed by atoms with Crippen LogP contribution in [-0.2, 0) is 6.42 Å². The summed E-state index contributed by atoms with van der Waals surface area (Å²) in [6.45, 7) is 6.49. The molecular formula is C18H24N4O2. The molecule has 3 rings (SSSR count). The molecule has 1 saturated heterocycles. The molecule has 0 radical (unpaired) electrons. The summed E-state index contributed by atoms with van der Waals surface area (Å²) in [5, 5.41) is 6.40. The van der Waals surface area contributed by atoms with Gasteiger partial charge in [-0.15, -0.1) is 0 Å². The molecule has 1 fully saturated rings. The Hall–Kier alpha value is -2.34. The Morgan fingerprint density at radius 3 is 2.71 bits per heavy atom. The Kier molecular flexibility index (Phi) is 4.85. The van der Waals surface area contributed by atoms with Gasteiger partial charge >= 0.3 is 0 Å². The van der Waals surface area contributed by atoms with Gasteiger partial charge in [-0.3, -0.25) is 14.7 Å². The Bertz CT molecular complexity index is 760. The van der Waals surface area contributed by atoms with Crippen LogP contribution in [0.2, 0.25) is 0 Å². The molecule has 2 aromatic rings. The summed E-state index contributed by atoms with van der Waals surface area (Å²) in [4.78, 5) is 26.6. The first-order valence-electron chi connectivity index (χ1n) is 8.53. The summed E-state index contributed by atoms with van der Waals surface area (Å²) in [7, 11) is 0. The Morgan fingerprint density at radius 2 is 2.04 bits per heavy atom. The number of hydrogen-bond acceptors (Lipinski definition) is 3. The fourth-order valence-corrected chi connectivity index (χ4v) is 3.10. The molecule has 2 heterocycles. The second-order valence-corrected chi connectivity index (χ2v) is 6.30. The molecule has 1 atom stereocenters. The smallest absolute Gasteiger partial charge is 0.271 e. The number of carbonyl (C=O) groups is 1. The van der Waals surface area contributed by atoms with Crippen LogP contribution in [0.5, 0.6) is 0 Å². The number of benzene rings is 1. The molecule has 1 aliphatic rings. The van der Waals surface area contributed by atoms with E-state index >= 15 is 0 Å². The van der Waals surface area contributed by atoms with Crippen molar-refractivity contribution in [1.29, 1.82) is 0 Å². The maximum Gasteiger partial charge on any atom is 0.271 e. The summed E-state index contributed by atoms with van der Waals surface area (Å²) in [5.74, 6) is 0.0426. The molecule has 6 heteroatoms. The summed E-state index contributed by atoms with van der Waals surface area (Å²) in [6, 6.07) is 9.03. The number of nitrogens with zero attached hydrogens (tertiary/aromatic N) is 2. The first-order valence-corrected chi connectivity index (χ1v) is 8.53.